The third-order valence-electron chi connectivity index (χ3n) is 4.39. The van der Waals surface area contributed by atoms with Crippen LogP contribution in [0.5, 0.6) is 5.75 Å². The quantitative estimate of drug-likeness (QED) is 0.593. The van der Waals surface area contributed by atoms with Gasteiger partial charge in [-0.1, -0.05) is 23.4 Å². The molecule has 0 fully saturated rings. The Labute approximate surface area is 168 Å². The number of nitrogens with zero attached hydrogens (tertiary/aromatic N) is 3. The van der Waals surface area contributed by atoms with E-state index in [0.717, 1.165) is 24.3 Å². The van der Waals surface area contributed by atoms with Crippen molar-refractivity contribution in [3.63, 3.8) is 0 Å². The van der Waals surface area contributed by atoms with Crippen molar-refractivity contribution in [1.82, 2.24) is 15.0 Å². The fourth-order valence-electron chi connectivity index (χ4n) is 2.93. The van der Waals surface area contributed by atoms with E-state index >= 15 is 0 Å². The minimum absolute atomic E-state index is 0.190. The largest absolute Gasteiger partial charge is 0.573 e. The second kappa shape index (κ2) is 8.23. The van der Waals surface area contributed by atoms with Crippen LogP contribution < -0.4 is 4.74 Å². The summed E-state index contributed by atoms with van der Waals surface area (Å²) in [6.45, 7) is 1.28. The van der Waals surface area contributed by atoms with Crippen LogP contribution in [0.3, 0.4) is 0 Å². The second-order valence-electron chi connectivity index (χ2n) is 6.53. The molecule has 1 heterocycles. The van der Waals surface area contributed by atoms with Gasteiger partial charge in [0, 0.05) is 17.8 Å². The zero-order valence-corrected chi connectivity index (χ0v) is 15.6. The van der Waals surface area contributed by atoms with Crippen LogP contribution in [0, 0.1) is 11.6 Å². The highest BCUT2D eigenvalue weighted by Gasteiger charge is 2.35. The summed E-state index contributed by atoms with van der Waals surface area (Å²) in [6.07, 6.45) is -0.509. The Morgan fingerprint density at radius 1 is 1.13 bits per heavy atom. The van der Waals surface area contributed by atoms with Crippen molar-refractivity contribution in [2.75, 3.05) is 0 Å². The van der Waals surface area contributed by atoms with Crippen molar-refractivity contribution >= 4 is 6.08 Å². The van der Waals surface area contributed by atoms with Crippen LogP contribution in [0.15, 0.2) is 60.4 Å². The third-order valence-corrected chi connectivity index (χ3v) is 4.39. The van der Waals surface area contributed by atoms with Gasteiger partial charge in [0.15, 0.2) is 0 Å². The number of aromatic nitrogens is 3. The molecule has 0 spiro atoms. The van der Waals surface area contributed by atoms with Gasteiger partial charge in [-0.3, -0.25) is 0 Å². The molecule has 1 unspecified atom stereocenters. The summed E-state index contributed by atoms with van der Waals surface area (Å²) in [4.78, 5) is 0. The minimum atomic E-state index is -4.81. The van der Waals surface area contributed by atoms with E-state index in [9.17, 15) is 27.1 Å². The molecule has 2 aromatic carbocycles. The number of ether oxygens (including phenoxy) is 1. The van der Waals surface area contributed by atoms with Crippen LogP contribution in [0.1, 0.15) is 18.1 Å². The van der Waals surface area contributed by atoms with Crippen molar-refractivity contribution in [1.29, 1.82) is 0 Å². The molecule has 1 aromatic heterocycles. The molecule has 0 amide bonds. The lowest BCUT2D eigenvalue weighted by Gasteiger charge is -2.30. The Morgan fingerprint density at radius 2 is 1.83 bits per heavy atom. The van der Waals surface area contributed by atoms with Gasteiger partial charge in [0.2, 0.25) is 0 Å². The number of hydrogen-bond donors (Lipinski definition) is 1. The molecule has 3 aromatic rings. The molecular weight excluding hydrogens is 409 g/mol. The Hall–Kier alpha value is -3.27. The molecule has 0 saturated carbocycles. The summed E-state index contributed by atoms with van der Waals surface area (Å²) in [7, 11) is 0. The van der Waals surface area contributed by atoms with Crippen LogP contribution in [0.4, 0.5) is 22.0 Å². The lowest BCUT2D eigenvalue weighted by molar-refractivity contribution is -0.274. The number of benzene rings is 2. The van der Waals surface area contributed by atoms with Gasteiger partial charge in [-0.2, -0.15) is 0 Å². The molecule has 30 heavy (non-hydrogen) atoms. The highest BCUT2D eigenvalue weighted by atomic mass is 19.4. The van der Waals surface area contributed by atoms with E-state index in [1.54, 1.807) is 0 Å². The Kier molecular flexibility index (Phi) is 5.88. The fraction of sp³-hybridized carbons (Fsp3) is 0.200. The SMILES string of the molecule is CC(=Cc1ccc(OC(F)(F)F)cc1)C(O)(Cn1ccnn1)c1ccc(F)cc1F. The van der Waals surface area contributed by atoms with Gasteiger partial charge in [-0.05, 0) is 42.3 Å². The van der Waals surface area contributed by atoms with Gasteiger partial charge in [0.05, 0.1) is 12.7 Å². The summed E-state index contributed by atoms with van der Waals surface area (Å²) in [5, 5.41) is 18.8. The van der Waals surface area contributed by atoms with Crippen LogP contribution in [-0.4, -0.2) is 26.5 Å². The highest BCUT2D eigenvalue weighted by Crippen LogP contribution is 2.34. The summed E-state index contributed by atoms with van der Waals surface area (Å²) in [6, 6.07) is 7.71. The van der Waals surface area contributed by atoms with Gasteiger partial charge >= 0.3 is 6.36 Å². The molecule has 158 valence electrons. The average molecular weight is 425 g/mol. The maximum absolute atomic E-state index is 14.5. The zero-order chi connectivity index (χ0) is 21.9. The molecule has 10 heteroatoms. The van der Waals surface area contributed by atoms with Gasteiger partial charge in [0.1, 0.15) is 23.0 Å². The Balaban J connectivity index is 1.98. The molecule has 0 radical (unpaired) electrons. The summed E-state index contributed by atoms with van der Waals surface area (Å²) >= 11 is 0. The maximum Gasteiger partial charge on any atom is 0.573 e. The standard InChI is InChI=1S/C20H16F5N3O2/c1-13(10-14-2-5-16(6-3-14)30-20(23,24)25)19(29,12-28-9-8-26-27-28)17-7-4-15(21)11-18(17)22/h2-11,29H,12H2,1H3. The number of alkyl halides is 3. The average Bonchev–Trinajstić information content (AvgIpc) is 3.14. The third kappa shape index (κ3) is 5.01. The van der Waals surface area contributed by atoms with E-state index in [0.29, 0.717) is 11.6 Å². The van der Waals surface area contributed by atoms with Gasteiger partial charge in [-0.25, -0.2) is 13.5 Å². The van der Waals surface area contributed by atoms with E-state index in [4.69, 9.17) is 0 Å². The van der Waals surface area contributed by atoms with Crippen molar-refractivity contribution in [3.05, 3.63) is 83.2 Å². The van der Waals surface area contributed by atoms with Gasteiger partial charge in [0.25, 0.3) is 0 Å². The lowest BCUT2D eigenvalue weighted by Crippen LogP contribution is -2.34. The van der Waals surface area contributed by atoms with Crippen LogP contribution >= 0.6 is 0 Å². The zero-order valence-electron chi connectivity index (χ0n) is 15.6. The van der Waals surface area contributed by atoms with Crippen LogP contribution in [-0.2, 0) is 12.1 Å². The number of rotatable bonds is 6. The molecule has 0 saturated heterocycles. The first kappa shape index (κ1) is 21.4. The van der Waals surface area contributed by atoms with Crippen molar-refractivity contribution in [3.8, 4) is 5.75 Å². The predicted molar refractivity (Wildman–Crippen MR) is 97.1 cm³/mol. The summed E-state index contributed by atoms with van der Waals surface area (Å²) < 4.78 is 69.8. The molecule has 5 nitrogen and oxygen atoms in total. The molecule has 1 N–H and O–H groups in total. The number of halogens is 5. The van der Waals surface area contributed by atoms with E-state index in [1.807, 2.05) is 0 Å². The summed E-state index contributed by atoms with van der Waals surface area (Å²) in [5.41, 5.74) is -1.45. The molecular formula is C20H16F5N3O2. The first-order valence-electron chi connectivity index (χ1n) is 8.63. The van der Waals surface area contributed by atoms with E-state index in [-0.39, 0.29) is 17.7 Å². The first-order valence-corrected chi connectivity index (χ1v) is 8.63. The van der Waals surface area contributed by atoms with Crippen molar-refractivity contribution < 1.29 is 31.8 Å². The number of hydrogen-bond acceptors (Lipinski definition) is 4. The number of aliphatic hydroxyl groups is 1. The first-order chi connectivity index (χ1) is 14.1. The summed E-state index contributed by atoms with van der Waals surface area (Å²) in [5.74, 6) is -2.17. The molecule has 0 aliphatic rings. The maximum atomic E-state index is 14.5. The topological polar surface area (TPSA) is 60.2 Å². The Morgan fingerprint density at radius 3 is 2.40 bits per heavy atom. The van der Waals surface area contributed by atoms with Gasteiger partial charge in [-0.15, -0.1) is 18.3 Å². The van der Waals surface area contributed by atoms with E-state index in [2.05, 4.69) is 15.0 Å². The molecule has 0 aliphatic carbocycles. The molecule has 0 bridgehead atoms. The smallest absolute Gasteiger partial charge is 0.406 e. The van der Waals surface area contributed by atoms with Gasteiger partial charge < -0.3 is 9.84 Å². The minimum Gasteiger partial charge on any atom is -0.406 e. The molecule has 3 rings (SSSR count). The van der Waals surface area contributed by atoms with E-state index in [1.165, 1.54) is 42.2 Å². The fourth-order valence-corrected chi connectivity index (χ4v) is 2.93. The monoisotopic (exact) mass is 425 g/mol. The normalized spacial score (nSPS) is 14.4. The molecule has 0 aliphatic heterocycles. The van der Waals surface area contributed by atoms with Crippen LogP contribution in [0.2, 0.25) is 0 Å². The Bertz CT molecular complexity index is 1030. The lowest BCUT2D eigenvalue weighted by atomic mass is 9.85. The second-order valence-corrected chi connectivity index (χ2v) is 6.53. The highest BCUT2D eigenvalue weighted by molar-refractivity contribution is 5.57. The van der Waals surface area contributed by atoms with Crippen molar-refractivity contribution in [2.45, 2.75) is 25.4 Å². The van der Waals surface area contributed by atoms with Crippen molar-refractivity contribution in [2.24, 2.45) is 0 Å². The van der Waals surface area contributed by atoms with E-state index < -0.39 is 29.3 Å². The predicted octanol–water partition coefficient (Wildman–Crippen LogP) is 4.45. The van der Waals surface area contributed by atoms with Crippen LogP contribution in [0.25, 0.3) is 6.08 Å². The molecule has 1 atom stereocenters.